The van der Waals surface area contributed by atoms with Crippen molar-refractivity contribution in [3.63, 3.8) is 0 Å². The van der Waals surface area contributed by atoms with Gasteiger partial charge in [0.05, 0.1) is 46.3 Å². The Kier molecular flexibility index (Phi) is 9.37. The maximum absolute atomic E-state index is 15.2. The number of carbonyl (C=O) groups excluding carboxylic acids is 2. The van der Waals surface area contributed by atoms with Gasteiger partial charge in [-0.1, -0.05) is 23.7 Å². The number of alkyl halides is 2. The number of piperidine rings is 2. The van der Waals surface area contributed by atoms with Crippen molar-refractivity contribution >= 4 is 74.0 Å². The third kappa shape index (κ3) is 6.69. The minimum atomic E-state index is -3.13. The fourth-order valence-corrected chi connectivity index (χ4v) is 10.9. The second-order valence-corrected chi connectivity index (χ2v) is 18.5. The number of pyridine rings is 1. The zero-order chi connectivity index (χ0) is 42.6. The standard InChI is InChI=1S/C44H48ClF2N11O4/c1-54-32-10-8-25(16-30(32)36-38(42(54)61)62-22-44(46,47)39(51-36)24-6-7-24)49-40-31(45)18-48-43(52-40)58-21-26-17-27(58)20-57(26)19-23-12-14-56(15-13-23)33-5-3-4-28-35(53-55(2)37(28)33)29-9-11-34(59)50-41(29)60/h3-5,8,10,16,18,23-24,26-27,29,39,51H,6-7,9,11-15,17,19-22H2,1-2H3,(H,48,49,52)(H,50,59,60)/t26-,27-,29?,39?/m0/s1. The molecule has 5 aliphatic heterocycles. The predicted octanol–water partition coefficient (Wildman–Crippen LogP) is 5.53. The number of aryl methyl sites for hydroxylation is 2. The molecule has 3 aromatic heterocycles. The predicted molar refractivity (Wildman–Crippen MR) is 232 cm³/mol. The Hall–Kier alpha value is -5.55. The fraction of sp³-hybridized carbons (Fsp3) is 0.500. The monoisotopic (exact) mass is 867 g/mol. The summed E-state index contributed by atoms with van der Waals surface area (Å²) in [7, 11) is 3.54. The van der Waals surface area contributed by atoms with Crippen LogP contribution in [-0.4, -0.2) is 104 Å². The van der Waals surface area contributed by atoms with Crippen LogP contribution in [0.5, 0.6) is 5.75 Å². The van der Waals surface area contributed by atoms with Crippen molar-refractivity contribution in [2.75, 3.05) is 59.8 Å². The van der Waals surface area contributed by atoms with E-state index in [1.807, 2.05) is 36.0 Å². The molecule has 4 saturated heterocycles. The van der Waals surface area contributed by atoms with Crippen molar-refractivity contribution in [2.24, 2.45) is 25.9 Å². The fourth-order valence-electron chi connectivity index (χ4n) is 10.7. The van der Waals surface area contributed by atoms with E-state index in [-0.39, 0.29) is 35.2 Å². The Morgan fingerprint density at radius 3 is 2.58 bits per heavy atom. The lowest BCUT2D eigenvalue weighted by Gasteiger charge is -2.39. The van der Waals surface area contributed by atoms with Gasteiger partial charge in [-0.2, -0.15) is 10.1 Å². The molecule has 15 nitrogen and oxygen atoms in total. The van der Waals surface area contributed by atoms with E-state index >= 15 is 8.78 Å². The summed E-state index contributed by atoms with van der Waals surface area (Å²) in [5.74, 6) is -2.75. The van der Waals surface area contributed by atoms with E-state index in [9.17, 15) is 14.4 Å². The Morgan fingerprint density at radius 2 is 1.82 bits per heavy atom. The number of para-hydroxylation sites is 1. The van der Waals surface area contributed by atoms with Crippen molar-refractivity contribution in [1.82, 2.24) is 34.5 Å². The molecule has 8 heterocycles. The molecule has 2 amide bonds. The number of benzene rings is 2. The summed E-state index contributed by atoms with van der Waals surface area (Å²) < 4.78 is 39.2. The average molecular weight is 868 g/mol. The van der Waals surface area contributed by atoms with Gasteiger partial charge in [0, 0.05) is 81.8 Å². The number of nitrogens with zero attached hydrogens (tertiary/aromatic N) is 8. The molecule has 1 saturated carbocycles. The summed E-state index contributed by atoms with van der Waals surface area (Å²) >= 11 is 6.68. The van der Waals surface area contributed by atoms with E-state index in [0.717, 1.165) is 74.3 Å². The van der Waals surface area contributed by atoms with E-state index in [4.69, 9.17) is 26.4 Å². The molecule has 2 unspecified atom stereocenters. The molecule has 1 aliphatic carbocycles. The first-order chi connectivity index (χ1) is 29.9. The molecule has 0 radical (unpaired) electrons. The number of carbonyl (C=O) groups is 2. The van der Waals surface area contributed by atoms with Gasteiger partial charge in [-0.3, -0.25) is 29.3 Å². The first-order valence-corrected chi connectivity index (χ1v) is 22.1. The molecule has 5 aromatic rings. The van der Waals surface area contributed by atoms with Crippen LogP contribution in [0.3, 0.4) is 0 Å². The van der Waals surface area contributed by atoms with Crippen LogP contribution in [0.4, 0.5) is 37.6 Å². The largest absolute Gasteiger partial charge is 0.480 e. The Morgan fingerprint density at radius 1 is 1.00 bits per heavy atom. The summed E-state index contributed by atoms with van der Waals surface area (Å²) in [6.45, 7) is 3.81. The second-order valence-electron chi connectivity index (χ2n) is 18.1. The summed E-state index contributed by atoms with van der Waals surface area (Å²) in [5.41, 5.74) is 3.90. The Bertz CT molecular complexity index is 2710. The van der Waals surface area contributed by atoms with Gasteiger partial charge in [-0.15, -0.1) is 0 Å². The third-order valence-corrected chi connectivity index (χ3v) is 14.4. The van der Waals surface area contributed by atoms with Crippen LogP contribution in [0.2, 0.25) is 5.02 Å². The Labute approximate surface area is 360 Å². The van der Waals surface area contributed by atoms with Crippen molar-refractivity contribution < 1.29 is 23.1 Å². The van der Waals surface area contributed by atoms with Crippen molar-refractivity contribution in [2.45, 2.75) is 74.9 Å². The van der Waals surface area contributed by atoms with E-state index in [1.165, 1.54) is 4.57 Å². The molecule has 11 rings (SSSR count). The van der Waals surface area contributed by atoms with Gasteiger partial charge in [0.15, 0.2) is 12.4 Å². The molecular formula is C44H48ClF2N11O4. The van der Waals surface area contributed by atoms with Gasteiger partial charge < -0.3 is 29.7 Å². The number of ether oxygens (including phenoxy) is 1. The molecule has 3 N–H and O–H groups in total. The first-order valence-electron chi connectivity index (χ1n) is 21.7. The van der Waals surface area contributed by atoms with Crippen LogP contribution in [0, 0.1) is 11.8 Å². The number of amides is 2. The first kappa shape index (κ1) is 39.3. The molecule has 324 valence electrons. The second kappa shape index (κ2) is 14.8. The number of likely N-dealkylation sites (tertiary alicyclic amines) is 1. The number of fused-ring (bicyclic) bond motifs is 6. The molecule has 18 heteroatoms. The smallest absolute Gasteiger partial charge is 0.301 e. The molecule has 5 fully saturated rings. The number of halogens is 3. The molecule has 0 spiro atoms. The zero-order valence-corrected chi connectivity index (χ0v) is 35.3. The minimum absolute atomic E-state index is 0.104. The SMILES string of the molecule is Cn1nc(C2CCC(=O)NC2=O)c2cccc(N3CCC(CN4C[C@@H]5C[C@H]4CN5c4ncc(Cl)c(Nc5ccc6c(c5)c5c(c(=O)n6C)OCC(F)(F)C(C6CC6)N5)n4)CC3)c21. The number of nitrogens with one attached hydrogen (secondary N) is 3. The van der Waals surface area contributed by atoms with Gasteiger partial charge in [-0.05, 0) is 74.6 Å². The number of anilines is 5. The van der Waals surface area contributed by atoms with Crippen LogP contribution >= 0.6 is 11.6 Å². The number of rotatable bonds is 8. The maximum Gasteiger partial charge on any atom is 0.301 e. The maximum atomic E-state index is 15.2. The molecule has 2 aromatic carbocycles. The van der Waals surface area contributed by atoms with Crippen LogP contribution in [0.1, 0.15) is 56.6 Å². The van der Waals surface area contributed by atoms with Gasteiger partial charge in [0.2, 0.25) is 23.5 Å². The highest BCUT2D eigenvalue weighted by Gasteiger charge is 2.51. The number of imide groups is 1. The van der Waals surface area contributed by atoms with Crippen molar-refractivity contribution in [1.29, 1.82) is 0 Å². The van der Waals surface area contributed by atoms with Gasteiger partial charge in [-0.25, -0.2) is 13.8 Å². The lowest BCUT2D eigenvalue weighted by atomic mass is 9.92. The summed E-state index contributed by atoms with van der Waals surface area (Å²) in [4.78, 5) is 54.7. The number of hydrogen-bond acceptors (Lipinski definition) is 12. The lowest BCUT2D eigenvalue weighted by molar-refractivity contribution is -0.134. The molecular weight excluding hydrogens is 820 g/mol. The highest BCUT2D eigenvalue weighted by molar-refractivity contribution is 6.33. The van der Waals surface area contributed by atoms with Crippen LogP contribution < -0.4 is 36.0 Å². The van der Waals surface area contributed by atoms with Crippen molar-refractivity contribution in [3.8, 4) is 5.75 Å². The van der Waals surface area contributed by atoms with E-state index in [2.05, 4.69) is 41.7 Å². The highest BCUT2D eigenvalue weighted by Crippen LogP contribution is 2.46. The third-order valence-electron chi connectivity index (χ3n) is 14.1. The average Bonchev–Trinajstić information content (AvgIpc) is 3.81. The van der Waals surface area contributed by atoms with Crippen LogP contribution in [0.25, 0.3) is 21.8 Å². The molecule has 6 aliphatic rings. The van der Waals surface area contributed by atoms with Gasteiger partial charge in [0.1, 0.15) is 5.02 Å². The quantitative estimate of drug-likeness (QED) is 0.168. The van der Waals surface area contributed by atoms with Crippen molar-refractivity contribution in [3.05, 3.63) is 63.7 Å². The highest BCUT2D eigenvalue weighted by atomic mass is 35.5. The number of hydrogen-bond donors (Lipinski definition) is 3. The summed E-state index contributed by atoms with van der Waals surface area (Å²) in [5, 5.41) is 15.6. The van der Waals surface area contributed by atoms with E-state index in [0.29, 0.717) is 71.0 Å². The van der Waals surface area contributed by atoms with Crippen LogP contribution in [0.15, 0.2) is 47.4 Å². The summed E-state index contributed by atoms with van der Waals surface area (Å²) in [6, 6.07) is 11.2. The molecule has 4 atom stereocenters. The normalized spacial score (nSPS) is 25.2. The topological polar surface area (TPSA) is 155 Å². The lowest BCUT2D eigenvalue weighted by Crippen LogP contribution is -2.49. The Balaban J connectivity index is 0.749. The molecule has 2 bridgehead atoms. The minimum Gasteiger partial charge on any atom is -0.480 e. The molecule has 62 heavy (non-hydrogen) atoms. The van der Waals surface area contributed by atoms with Crippen LogP contribution in [-0.2, 0) is 23.7 Å². The van der Waals surface area contributed by atoms with Gasteiger partial charge in [0.25, 0.3) is 5.56 Å². The van der Waals surface area contributed by atoms with E-state index < -0.39 is 30.0 Å². The number of aromatic nitrogens is 5. The zero-order valence-electron chi connectivity index (χ0n) is 34.5. The van der Waals surface area contributed by atoms with E-state index in [1.54, 1.807) is 19.3 Å². The summed E-state index contributed by atoms with van der Waals surface area (Å²) in [6.07, 6.45) is 6.99. The number of piperazine rings is 1. The van der Waals surface area contributed by atoms with Gasteiger partial charge >= 0.3 is 5.92 Å².